The second-order valence-electron chi connectivity index (χ2n) is 5.76. The van der Waals surface area contributed by atoms with E-state index in [1.165, 1.54) is 5.56 Å². The lowest BCUT2D eigenvalue weighted by Gasteiger charge is -2.36. The number of rotatable bonds is 5. The Morgan fingerprint density at radius 1 is 1.26 bits per heavy atom. The zero-order valence-corrected chi connectivity index (χ0v) is 11.8. The molecule has 1 heterocycles. The summed E-state index contributed by atoms with van der Waals surface area (Å²) < 4.78 is 0. The largest absolute Gasteiger partial charge is 0.330 e. The number of fused-ring (bicyclic) bond motifs is 1. The Hall–Kier alpha value is -1.39. The Bertz CT molecular complexity index is 482. The number of hydrogen-bond donors (Lipinski definition) is 2. The van der Waals surface area contributed by atoms with Gasteiger partial charge in [-0.25, -0.2) is 0 Å². The molecule has 0 aliphatic carbocycles. The summed E-state index contributed by atoms with van der Waals surface area (Å²) in [6, 6.07) is 6.22. The van der Waals surface area contributed by atoms with E-state index in [4.69, 9.17) is 11.5 Å². The van der Waals surface area contributed by atoms with Crippen molar-refractivity contribution in [1.82, 2.24) is 0 Å². The monoisotopic (exact) mass is 261 g/mol. The molecule has 0 saturated heterocycles. The van der Waals surface area contributed by atoms with E-state index >= 15 is 0 Å². The number of carbonyl (C=O) groups excluding carboxylic acids is 1. The van der Waals surface area contributed by atoms with Crippen LogP contribution < -0.4 is 16.4 Å². The second-order valence-corrected chi connectivity index (χ2v) is 5.76. The SMILES string of the molecule is CC(C)(CCN)N1C(=O)Cc2cc(CCN)ccc21. The van der Waals surface area contributed by atoms with Gasteiger partial charge in [0.05, 0.1) is 6.42 Å². The third kappa shape index (κ3) is 2.65. The average molecular weight is 261 g/mol. The Labute approximate surface area is 114 Å². The van der Waals surface area contributed by atoms with Crippen LogP contribution in [0.15, 0.2) is 18.2 Å². The molecule has 0 radical (unpaired) electrons. The normalized spacial score (nSPS) is 14.9. The van der Waals surface area contributed by atoms with Crippen LogP contribution in [0.1, 0.15) is 31.4 Å². The summed E-state index contributed by atoms with van der Waals surface area (Å²) >= 11 is 0. The summed E-state index contributed by atoms with van der Waals surface area (Å²) in [5.74, 6) is 0.165. The summed E-state index contributed by atoms with van der Waals surface area (Å²) in [4.78, 5) is 14.2. The topological polar surface area (TPSA) is 72.3 Å². The Morgan fingerprint density at radius 3 is 2.63 bits per heavy atom. The molecule has 1 aliphatic heterocycles. The lowest BCUT2D eigenvalue weighted by Crippen LogP contribution is -2.47. The lowest BCUT2D eigenvalue weighted by molar-refractivity contribution is -0.118. The van der Waals surface area contributed by atoms with Gasteiger partial charge in [-0.1, -0.05) is 12.1 Å². The van der Waals surface area contributed by atoms with E-state index in [1.54, 1.807) is 0 Å². The molecule has 4 heteroatoms. The first-order chi connectivity index (χ1) is 8.99. The number of hydrogen-bond acceptors (Lipinski definition) is 3. The zero-order chi connectivity index (χ0) is 14.0. The minimum Gasteiger partial charge on any atom is -0.330 e. The van der Waals surface area contributed by atoms with Crippen LogP contribution in [-0.2, 0) is 17.6 Å². The molecule has 0 saturated carbocycles. The van der Waals surface area contributed by atoms with Gasteiger partial charge in [-0.2, -0.15) is 0 Å². The highest BCUT2D eigenvalue weighted by Gasteiger charge is 2.37. The van der Waals surface area contributed by atoms with Gasteiger partial charge in [-0.15, -0.1) is 0 Å². The van der Waals surface area contributed by atoms with Crippen molar-refractivity contribution in [3.63, 3.8) is 0 Å². The molecule has 0 bridgehead atoms. The number of amides is 1. The summed E-state index contributed by atoms with van der Waals surface area (Å²) in [7, 11) is 0. The molecule has 0 aromatic heterocycles. The number of carbonyl (C=O) groups is 1. The van der Waals surface area contributed by atoms with Crippen LogP contribution >= 0.6 is 0 Å². The maximum Gasteiger partial charge on any atom is 0.231 e. The first-order valence-electron chi connectivity index (χ1n) is 6.84. The number of anilines is 1. The van der Waals surface area contributed by atoms with Crippen molar-refractivity contribution in [3.8, 4) is 0 Å². The quantitative estimate of drug-likeness (QED) is 0.836. The molecule has 1 aliphatic rings. The molecule has 1 aromatic carbocycles. The first-order valence-corrected chi connectivity index (χ1v) is 6.84. The van der Waals surface area contributed by atoms with Gasteiger partial charge in [0.25, 0.3) is 0 Å². The number of nitrogens with zero attached hydrogens (tertiary/aromatic N) is 1. The fourth-order valence-corrected chi connectivity index (χ4v) is 2.83. The highest BCUT2D eigenvalue weighted by molar-refractivity contribution is 6.02. The summed E-state index contributed by atoms with van der Waals surface area (Å²) in [5.41, 5.74) is 14.4. The molecule has 4 nitrogen and oxygen atoms in total. The van der Waals surface area contributed by atoms with Crippen molar-refractivity contribution in [2.45, 2.75) is 38.6 Å². The lowest BCUT2D eigenvalue weighted by atomic mass is 9.97. The summed E-state index contributed by atoms with van der Waals surface area (Å²) in [6.07, 6.45) is 2.14. The molecule has 104 valence electrons. The van der Waals surface area contributed by atoms with Crippen molar-refractivity contribution in [2.75, 3.05) is 18.0 Å². The zero-order valence-electron chi connectivity index (χ0n) is 11.8. The predicted molar refractivity (Wildman–Crippen MR) is 78.1 cm³/mol. The van der Waals surface area contributed by atoms with Crippen LogP contribution in [0.2, 0.25) is 0 Å². The molecule has 0 fully saturated rings. The Balaban J connectivity index is 2.34. The van der Waals surface area contributed by atoms with Gasteiger partial charge >= 0.3 is 0 Å². The maximum atomic E-state index is 12.3. The number of nitrogens with two attached hydrogens (primary N) is 2. The minimum absolute atomic E-state index is 0.165. The summed E-state index contributed by atoms with van der Waals surface area (Å²) in [6.45, 7) is 5.35. The smallest absolute Gasteiger partial charge is 0.231 e. The van der Waals surface area contributed by atoms with Gasteiger partial charge < -0.3 is 16.4 Å². The fraction of sp³-hybridized carbons (Fsp3) is 0.533. The van der Waals surface area contributed by atoms with Crippen molar-refractivity contribution in [2.24, 2.45) is 11.5 Å². The molecule has 4 N–H and O–H groups in total. The molecular formula is C15H23N3O. The van der Waals surface area contributed by atoms with E-state index < -0.39 is 0 Å². The van der Waals surface area contributed by atoms with Gasteiger partial charge in [0.15, 0.2) is 0 Å². The van der Waals surface area contributed by atoms with Crippen LogP contribution in [0.5, 0.6) is 0 Å². The fourth-order valence-electron chi connectivity index (χ4n) is 2.83. The molecule has 0 spiro atoms. The highest BCUT2D eigenvalue weighted by atomic mass is 16.2. The van der Waals surface area contributed by atoms with Gasteiger partial charge in [0.2, 0.25) is 5.91 Å². The third-order valence-corrected chi connectivity index (χ3v) is 3.77. The van der Waals surface area contributed by atoms with Gasteiger partial charge in [-0.05, 0) is 57.0 Å². The van der Waals surface area contributed by atoms with Crippen LogP contribution in [-0.4, -0.2) is 24.5 Å². The Kier molecular flexibility index (Phi) is 3.92. The molecule has 0 atom stereocenters. The predicted octanol–water partition coefficient (Wildman–Crippen LogP) is 1.20. The standard InChI is InChI=1S/C15H23N3O/c1-15(2,6-8-17)18-13-4-3-11(5-7-16)9-12(13)10-14(18)19/h3-4,9H,5-8,10,16-17H2,1-2H3. The minimum atomic E-state index is -0.230. The molecule has 0 unspecified atom stereocenters. The van der Waals surface area contributed by atoms with Gasteiger partial charge in [0.1, 0.15) is 0 Å². The van der Waals surface area contributed by atoms with E-state index in [1.807, 2.05) is 11.0 Å². The third-order valence-electron chi connectivity index (χ3n) is 3.77. The van der Waals surface area contributed by atoms with Crippen molar-refractivity contribution in [3.05, 3.63) is 29.3 Å². The average Bonchev–Trinajstić information content (AvgIpc) is 2.65. The van der Waals surface area contributed by atoms with E-state index in [-0.39, 0.29) is 11.4 Å². The van der Waals surface area contributed by atoms with Crippen molar-refractivity contribution in [1.29, 1.82) is 0 Å². The van der Waals surface area contributed by atoms with E-state index in [2.05, 4.69) is 26.0 Å². The van der Waals surface area contributed by atoms with Crippen LogP contribution in [0.25, 0.3) is 0 Å². The van der Waals surface area contributed by atoms with E-state index in [0.717, 1.165) is 24.1 Å². The Morgan fingerprint density at radius 2 is 2.00 bits per heavy atom. The van der Waals surface area contributed by atoms with Crippen LogP contribution in [0.3, 0.4) is 0 Å². The van der Waals surface area contributed by atoms with E-state index in [9.17, 15) is 4.79 Å². The van der Waals surface area contributed by atoms with Gasteiger partial charge in [0, 0.05) is 11.2 Å². The van der Waals surface area contributed by atoms with E-state index in [0.29, 0.717) is 19.5 Å². The maximum absolute atomic E-state index is 12.3. The number of benzene rings is 1. The van der Waals surface area contributed by atoms with Crippen LogP contribution in [0, 0.1) is 0 Å². The van der Waals surface area contributed by atoms with Crippen molar-refractivity contribution < 1.29 is 4.79 Å². The molecule has 19 heavy (non-hydrogen) atoms. The molecule has 1 amide bonds. The molecule has 2 rings (SSSR count). The highest BCUT2D eigenvalue weighted by Crippen LogP contribution is 2.36. The van der Waals surface area contributed by atoms with Gasteiger partial charge in [-0.3, -0.25) is 4.79 Å². The van der Waals surface area contributed by atoms with Crippen molar-refractivity contribution >= 4 is 11.6 Å². The van der Waals surface area contributed by atoms with Crippen LogP contribution in [0.4, 0.5) is 5.69 Å². The summed E-state index contributed by atoms with van der Waals surface area (Å²) in [5, 5.41) is 0. The first kappa shape index (κ1) is 14.0. The second kappa shape index (κ2) is 5.31. The molecular weight excluding hydrogens is 238 g/mol. The molecule has 1 aromatic rings.